The summed E-state index contributed by atoms with van der Waals surface area (Å²) < 4.78 is 0. The molecule has 0 fully saturated rings. The zero-order chi connectivity index (χ0) is 16.8. The summed E-state index contributed by atoms with van der Waals surface area (Å²) in [6, 6.07) is 13.6. The Balaban J connectivity index is 2.23. The number of hydrogen-bond acceptors (Lipinski definition) is 3. The second kappa shape index (κ2) is 7.68. The van der Waals surface area contributed by atoms with Crippen LogP contribution < -0.4 is 16.4 Å². The van der Waals surface area contributed by atoms with Gasteiger partial charge < -0.3 is 16.4 Å². The third kappa shape index (κ3) is 4.49. The van der Waals surface area contributed by atoms with Gasteiger partial charge in [0.1, 0.15) is 0 Å². The lowest BCUT2D eigenvalue weighted by Crippen LogP contribution is -2.24. The Hall–Kier alpha value is -2.49. The van der Waals surface area contributed by atoms with E-state index in [4.69, 9.17) is 5.73 Å². The van der Waals surface area contributed by atoms with Crippen molar-refractivity contribution in [3.8, 4) is 0 Å². The van der Waals surface area contributed by atoms with E-state index in [9.17, 15) is 4.79 Å². The first-order chi connectivity index (χ1) is 11.0. The number of amides is 1. The van der Waals surface area contributed by atoms with Gasteiger partial charge in [-0.1, -0.05) is 32.9 Å². The fourth-order valence-corrected chi connectivity index (χ4v) is 2.30. The first-order valence-corrected chi connectivity index (χ1v) is 8.06. The molecule has 122 valence electrons. The van der Waals surface area contributed by atoms with E-state index in [1.165, 1.54) is 5.56 Å². The first kappa shape index (κ1) is 16.9. The van der Waals surface area contributed by atoms with Gasteiger partial charge in [0.25, 0.3) is 5.91 Å². The highest BCUT2D eigenvalue weighted by Gasteiger charge is 2.12. The molecule has 0 aliphatic carbocycles. The van der Waals surface area contributed by atoms with Gasteiger partial charge in [-0.25, -0.2) is 0 Å². The lowest BCUT2D eigenvalue weighted by molar-refractivity contribution is 0.0954. The third-order valence-electron chi connectivity index (χ3n) is 3.68. The van der Waals surface area contributed by atoms with Gasteiger partial charge in [-0.05, 0) is 48.2 Å². The molecule has 23 heavy (non-hydrogen) atoms. The number of nitrogen functional groups attached to an aromatic ring is 1. The van der Waals surface area contributed by atoms with Crippen LogP contribution in [0.5, 0.6) is 0 Å². The summed E-state index contributed by atoms with van der Waals surface area (Å²) in [5.41, 5.74) is 9.96. The molecule has 0 heterocycles. The second-order valence-electron chi connectivity index (χ2n) is 5.96. The molecule has 2 aromatic rings. The van der Waals surface area contributed by atoms with E-state index in [0.717, 1.165) is 17.8 Å². The number of benzene rings is 2. The summed E-state index contributed by atoms with van der Waals surface area (Å²) in [6.07, 6.45) is 0.896. The van der Waals surface area contributed by atoms with Gasteiger partial charge in [-0.3, -0.25) is 4.79 Å². The number of carbonyl (C=O) groups excluding carboxylic acids is 1. The minimum atomic E-state index is -0.111. The van der Waals surface area contributed by atoms with E-state index in [-0.39, 0.29) is 5.91 Å². The molecule has 0 saturated heterocycles. The molecule has 2 aromatic carbocycles. The van der Waals surface area contributed by atoms with Crippen molar-refractivity contribution < 1.29 is 4.79 Å². The fourth-order valence-electron chi connectivity index (χ4n) is 2.30. The van der Waals surface area contributed by atoms with Crippen LogP contribution in [0.2, 0.25) is 0 Å². The maximum absolute atomic E-state index is 12.3. The molecule has 0 spiro atoms. The van der Waals surface area contributed by atoms with Gasteiger partial charge in [0.05, 0.1) is 11.3 Å². The molecule has 0 radical (unpaired) electrons. The lowest BCUT2D eigenvalue weighted by atomic mass is 10.0. The fraction of sp³-hybridized carbons (Fsp3) is 0.316. The Morgan fingerprint density at radius 1 is 1.13 bits per heavy atom. The highest BCUT2D eigenvalue weighted by molar-refractivity contribution is 6.01. The Morgan fingerprint density at radius 3 is 2.43 bits per heavy atom. The van der Waals surface area contributed by atoms with Gasteiger partial charge in [0, 0.05) is 17.9 Å². The number of hydrogen-bond donors (Lipinski definition) is 3. The van der Waals surface area contributed by atoms with E-state index in [2.05, 4.69) is 36.6 Å². The zero-order valence-electron chi connectivity index (χ0n) is 14.0. The van der Waals surface area contributed by atoms with Gasteiger partial charge >= 0.3 is 0 Å². The van der Waals surface area contributed by atoms with Crippen LogP contribution >= 0.6 is 0 Å². The average molecular weight is 311 g/mol. The lowest BCUT2D eigenvalue weighted by Gasteiger charge is -2.14. The number of nitrogens with two attached hydrogens (primary N) is 1. The van der Waals surface area contributed by atoms with Gasteiger partial charge in [0.2, 0.25) is 0 Å². The Bertz CT molecular complexity index is 663. The molecule has 4 heteroatoms. The summed E-state index contributed by atoms with van der Waals surface area (Å²) >= 11 is 0. The van der Waals surface area contributed by atoms with Gasteiger partial charge in [-0.15, -0.1) is 0 Å². The predicted molar refractivity (Wildman–Crippen MR) is 97.3 cm³/mol. The van der Waals surface area contributed by atoms with Crippen LogP contribution in [0.25, 0.3) is 0 Å². The molecule has 0 aliphatic heterocycles. The monoisotopic (exact) mass is 311 g/mol. The van der Waals surface area contributed by atoms with Crippen molar-refractivity contribution in [3.05, 3.63) is 53.6 Å². The van der Waals surface area contributed by atoms with E-state index < -0.39 is 0 Å². The molecular weight excluding hydrogens is 286 g/mol. The summed E-state index contributed by atoms with van der Waals surface area (Å²) in [5, 5.41) is 6.20. The molecule has 1 amide bonds. The van der Waals surface area contributed by atoms with E-state index in [1.807, 2.05) is 25.1 Å². The molecule has 0 saturated carbocycles. The van der Waals surface area contributed by atoms with Crippen molar-refractivity contribution in [1.29, 1.82) is 0 Å². The maximum Gasteiger partial charge on any atom is 0.253 e. The molecule has 4 nitrogen and oxygen atoms in total. The molecule has 0 aliphatic rings. The van der Waals surface area contributed by atoms with Crippen LogP contribution in [0.15, 0.2) is 42.5 Å². The largest absolute Gasteiger partial charge is 0.399 e. The summed E-state index contributed by atoms with van der Waals surface area (Å²) in [4.78, 5) is 12.3. The van der Waals surface area contributed by atoms with Crippen molar-refractivity contribution in [2.75, 3.05) is 17.6 Å². The number of nitrogens with one attached hydrogen (secondary N) is 2. The second-order valence-corrected chi connectivity index (χ2v) is 5.96. The number of anilines is 3. The number of rotatable bonds is 6. The normalized spacial score (nSPS) is 10.6. The van der Waals surface area contributed by atoms with Gasteiger partial charge in [0.15, 0.2) is 0 Å². The average Bonchev–Trinajstić information content (AvgIpc) is 2.54. The quantitative estimate of drug-likeness (QED) is 0.698. The van der Waals surface area contributed by atoms with Crippen molar-refractivity contribution in [2.45, 2.75) is 33.1 Å². The minimum absolute atomic E-state index is 0.111. The van der Waals surface area contributed by atoms with Crippen LogP contribution in [-0.2, 0) is 0 Å². The third-order valence-corrected chi connectivity index (χ3v) is 3.68. The molecule has 2 rings (SSSR count). The summed E-state index contributed by atoms with van der Waals surface area (Å²) in [7, 11) is 0. The van der Waals surface area contributed by atoms with Crippen LogP contribution in [-0.4, -0.2) is 12.5 Å². The summed E-state index contributed by atoms with van der Waals surface area (Å²) in [5.74, 6) is 0.386. The Labute approximate surface area is 138 Å². The van der Waals surface area contributed by atoms with Crippen LogP contribution in [0.3, 0.4) is 0 Å². The topological polar surface area (TPSA) is 67.2 Å². The summed E-state index contributed by atoms with van der Waals surface area (Å²) in [6.45, 7) is 7.00. The molecule has 0 bridgehead atoms. The van der Waals surface area contributed by atoms with Crippen molar-refractivity contribution >= 4 is 23.0 Å². The highest BCUT2D eigenvalue weighted by atomic mass is 16.1. The van der Waals surface area contributed by atoms with Crippen molar-refractivity contribution in [3.63, 3.8) is 0 Å². The standard InChI is InChI=1S/C19H25N3O/c1-4-11-21-19(23)17-12-15(20)7-10-18(17)22-16-8-5-14(6-9-16)13(2)3/h5-10,12-13,22H,4,11,20H2,1-3H3,(H,21,23). The highest BCUT2D eigenvalue weighted by Crippen LogP contribution is 2.25. The van der Waals surface area contributed by atoms with E-state index in [0.29, 0.717) is 23.7 Å². The van der Waals surface area contributed by atoms with E-state index in [1.54, 1.807) is 12.1 Å². The molecule has 4 N–H and O–H groups in total. The molecule has 0 atom stereocenters. The molecule has 0 aromatic heterocycles. The number of carbonyl (C=O) groups is 1. The maximum atomic E-state index is 12.3. The predicted octanol–water partition coefficient (Wildman–Crippen LogP) is 4.28. The van der Waals surface area contributed by atoms with Crippen molar-refractivity contribution in [2.24, 2.45) is 0 Å². The molecular formula is C19H25N3O. The SMILES string of the molecule is CCCNC(=O)c1cc(N)ccc1Nc1ccc(C(C)C)cc1. The van der Waals surface area contributed by atoms with Crippen molar-refractivity contribution in [1.82, 2.24) is 5.32 Å². The molecule has 0 unspecified atom stereocenters. The Morgan fingerprint density at radius 2 is 1.83 bits per heavy atom. The van der Waals surface area contributed by atoms with Crippen LogP contribution in [0, 0.1) is 0 Å². The van der Waals surface area contributed by atoms with Crippen LogP contribution in [0.1, 0.15) is 49.0 Å². The first-order valence-electron chi connectivity index (χ1n) is 8.06. The van der Waals surface area contributed by atoms with E-state index >= 15 is 0 Å². The van der Waals surface area contributed by atoms with Gasteiger partial charge in [-0.2, -0.15) is 0 Å². The van der Waals surface area contributed by atoms with Crippen LogP contribution in [0.4, 0.5) is 17.1 Å². The minimum Gasteiger partial charge on any atom is -0.399 e. The smallest absolute Gasteiger partial charge is 0.253 e. The Kier molecular flexibility index (Phi) is 5.63. The zero-order valence-corrected chi connectivity index (χ0v) is 14.0.